The van der Waals surface area contributed by atoms with Crippen LogP contribution in [0.25, 0.3) is 0 Å². The average molecular weight is 577 g/mol. The Balaban J connectivity index is 1.20. The summed E-state index contributed by atoms with van der Waals surface area (Å²) in [5.74, 6) is 3.95. The van der Waals surface area contributed by atoms with Crippen molar-refractivity contribution in [3.63, 3.8) is 0 Å². The van der Waals surface area contributed by atoms with E-state index in [4.69, 9.17) is 18.9 Å². The number of carbonyl (C=O) groups excluding carboxylic acids is 2. The molecule has 2 aromatic carbocycles. The van der Waals surface area contributed by atoms with Crippen LogP contribution in [0.3, 0.4) is 0 Å². The first-order valence-corrected chi connectivity index (χ1v) is 14.7. The predicted octanol–water partition coefficient (Wildman–Crippen LogP) is 4.56. The number of hydrogen-bond acceptors (Lipinski definition) is 8. The molecule has 42 heavy (non-hydrogen) atoms. The first-order valence-electron chi connectivity index (χ1n) is 14.7. The molecule has 4 aliphatic carbocycles. The quantitative estimate of drug-likeness (QED) is 0.249. The van der Waals surface area contributed by atoms with Gasteiger partial charge in [-0.1, -0.05) is 37.4 Å². The lowest BCUT2D eigenvalue weighted by atomic mass is 9.46. The fourth-order valence-corrected chi connectivity index (χ4v) is 7.48. The van der Waals surface area contributed by atoms with E-state index in [0.29, 0.717) is 41.1 Å². The van der Waals surface area contributed by atoms with Gasteiger partial charge in [0.25, 0.3) is 0 Å². The molecule has 8 nitrogen and oxygen atoms in total. The molecule has 0 saturated heterocycles. The zero-order valence-corrected chi connectivity index (χ0v) is 23.8. The topological polar surface area (TPSA) is 112 Å². The molecule has 2 N–H and O–H groups in total. The third-order valence-corrected chi connectivity index (χ3v) is 9.01. The molecule has 6 rings (SSSR count). The molecule has 4 fully saturated rings. The van der Waals surface area contributed by atoms with Crippen LogP contribution in [0.15, 0.2) is 73.8 Å². The van der Waals surface area contributed by atoms with Gasteiger partial charge in [0.1, 0.15) is 50.1 Å². The third kappa shape index (κ3) is 7.05. The maximum absolute atomic E-state index is 11.2. The van der Waals surface area contributed by atoms with Gasteiger partial charge in [-0.25, -0.2) is 9.59 Å². The van der Waals surface area contributed by atoms with Crippen molar-refractivity contribution in [2.24, 2.45) is 23.7 Å². The highest BCUT2D eigenvalue weighted by atomic mass is 16.6. The first kappa shape index (κ1) is 29.9. The highest BCUT2D eigenvalue weighted by molar-refractivity contribution is 5.81. The molecule has 0 radical (unpaired) electrons. The third-order valence-electron chi connectivity index (χ3n) is 9.01. The maximum atomic E-state index is 11.2. The summed E-state index contributed by atoms with van der Waals surface area (Å²) in [5, 5.41) is 20.1. The van der Waals surface area contributed by atoms with Crippen LogP contribution in [0.4, 0.5) is 0 Å². The van der Waals surface area contributed by atoms with E-state index in [0.717, 1.165) is 18.1 Å². The largest absolute Gasteiger partial charge is 0.491 e. The van der Waals surface area contributed by atoms with Crippen LogP contribution in [-0.2, 0) is 19.1 Å². The van der Waals surface area contributed by atoms with Gasteiger partial charge in [0.15, 0.2) is 0 Å². The molecule has 0 aromatic heterocycles. The molecular formula is C34H40O8. The Morgan fingerprint density at radius 1 is 0.690 bits per heavy atom. The number of aliphatic hydroxyl groups excluding tert-OH is 2. The van der Waals surface area contributed by atoms with E-state index < -0.39 is 24.1 Å². The Morgan fingerprint density at radius 3 is 1.52 bits per heavy atom. The molecule has 6 unspecified atom stereocenters. The van der Waals surface area contributed by atoms with Gasteiger partial charge in [-0.05, 0) is 96.6 Å². The van der Waals surface area contributed by atoms with E-state index in [9.17, 15) is 19.8 Å². The SMILES string of the molecule is C=CC(=O)OCC(O)COc1ccc(C2C3CC4CC(C3)C(c3ccc(OCC(O)COC(=O)C=C)cc3)C2C4)cc1. The molecular weight excluding hydrogens is 536 g/mol. The average Bonchev–Trinajstić information content (AvgIpc) is 3.01. The highest BCUT2D eigenvalue weighted by Gasteiger charge is 2.54. The molecule has 4 bridgehead atoms. The highest BCUT2D eigenvalue weighted by Crippen LogP contribution is 2.64. The van der Waals surface area contributed by atoms with E-state index in [1.807, 2.05) is 24.3 Å². The number of rotatable bonds is 14. The van der Waals surface area contributed by atoms with Crippen LogP contribution >= 0.6 is 0 Å². The summed E-state index contributed by atoms with van der Waals surface area (Å²) in [6.45, 7) is 6.47. The fourth-order valence-electron chi connectivity index (χ4n) is 7.48. The number of ether oxygens (including phenoxy) is 4. The molecule has 6 atom stereocenters. The summed E-state index contributed by atoms with van der Waals surface area (Å²) in [6.07, 6.45) is 5.38. The van der Waals surface area contributed by atoms with Gasteiger partial charge >= 0.3 is 11.9 Å². The van der Waals surface area contributed by atoms with Crippen LogP contribution < -0.4 is 9.47 Å². The minimum Gasteiger partial charge on any atom is -0.491 e. The van der Waals surface area contributed by atoms with Crippen molar-refractivity contribution in [3.8, 4) is 11.5 Å². The molecule has 4 aliphatic rings. The zero-order chi connectivity index (χ0) is 29.6. The molecule has 0 aliphatic heterocycles. The molecule has 8 heteroatoms. The summed E-state index contributed by atoms with van der Waals surface area (Å²) in [6, 6.07) is 16.5. The number of benzene rings is 2. The van der Waals surface area contributed by atoms with Gasteiger partial charge in [-0.2, -0.15) is 0 Å². The van der Waals surface area contributed by atoms with Crippen molar-refractivity contribution in [2.75, 3.05) is 26.4 Å². The minimum absolute atomic E-state index is 0.0331. The molecule has 0 heterocycles. The fraction of sp³-hybridized carbons (Fsp3) is 0.471. The Morgan fingerprint density at radius 2 is 1.12 bits per heavy atom. The summed E-state index contributed by atoms with van der Waals surface area (Å²) in [4.78, 5) is 22.4. The van der Waals surface area contributed by atoms with Crippen molar-refractivity contribution < 1.29 is 38.7 Å². The second-order valence-electron chi connectivity index (χ2n) is 11.8. The molecule has 4 saturated carbocycles. The van der Waals surface area contributed by atoms with Gasteiger partial charge in [0.05, 0.1) is 0 Å². The molecule has 2 aromatic rings. The Kier molecular flexibility index (Phi) is 9.65. The van der Waals surface area contributed by atoms with Crippen molar-refractivity contribution >= 4 is 11.9 Å². The standard InChI is InChI=1S/C34H40O8/c1-3-31(37)41-19-26(35)17-39-28-9-5-22(6-10-28)33-24-13-21-14-25(16-24)34(30(33)15-21)23-7-11-29(12-8-23)40-18-27(36)20-42-32(38)4-2/h3-12,21,24-27,30,33-36H,1-2,13-20H2. The normalized spacial score (nSPS) is 27.0. The number of aliphatic hydroxyl groups is 2. The second-order valence-corrected chi connectivity index (χ2v) is 11.8. The lowest BCUT2D eigenvalue weighted by Gasteiger charge is -2.59. The van der Waals surface area contributed by atoms with Crippen LogP contribution in [0, 0.1) is 23.7 Å². The minimum atomic E-state index is -0.914. The van der Waals surface area contributed by atoms with Crippen LogP contribution in [0.2, 0.25) is 0 Å². The van der Waals surface area contributed by atoms with Gasteiger partial charge in [-0.15, -0.1) is 0 Å². The summed E-state index contributed by atoms with van der Waals surface area (Å²) >= 11 is 0. The van der Waals surface area contributed by atoms with E-state index in [1.54, 1.807) is 0 Å². The molecule has 0 amide bonds. The van der Waals surface area contributed by atoms with Gasteiger partial charge in [-0.3, -0.25) is 0 Å². The Bertz CT molecular complexity index is 1150. The summed E-state index contributed by atoms with van der Waals surface area (Å²) in [5.41, 5.74) is 2.68. The van der Waals surface area contributed by atoms with Gasteiger partial charge in [0.2, 0.25) is 0 Å². The number of esters is 2. The van der Waals surface area contributed by atoms with Gasteiger partial charge in [0, 0.05) is 12.2 Å². The maximum Gasteiger partial charge on any atom is 0.330 e. The first-order chi connectivity index (χ1) is 20.3. The Labute approximate surface area is 246 Å². The second kappa shape index (κ2) is 13.6. The number of carbonyl (C=O) groups is 2. The van der Waals surface area contributed by atoms with E-state index >= 15 is 0 Å². The van der Waals surface area contributed by atoms with E-state index in [2.05, 4.69) is 37.4 Å². The van der Waals surface area contributed by atoms with Crippen molar-refractivity contribution in [3.05, 3.63) is 85.0 Å². The zero-order valence-electron chi connectivity index (χ0n) is 23.8. The summed E-state index contributed by atoms with van der Waals surface area (Å²) in [7, 11) is 0. The lowest BCUT2D eigenvalue weighted by molar-refractivity contribution is -0.142. The molecule has 224 valence electrons. The van der Waals surface area contributed by atoms with Crippen LogP contribution in [0.5, 0.6) is 11.5 Å². The molecule has 0 spiro atoms. The van der Waals surface area contributed by atoms with Crippen molar-refractivity contribution in [1.82, 2.24) is 0 Å². The van der Waals surface area contributed by atoms with E-state index in [-0.39, 0.29) is 26.4 Å². The van der Waals surface area contributed by atoms with Crippen molar-refractivity contribution in [2.45, 2.75) is 49.7 Å². The van der Waals surface area contributed by atoms with Crippen LogP contribution in [0.1, 0.15) is 48.6 Å². The predicted molar refractivity (Wildman–Crippen MR) is 156 cm³/mol. The number of hydrogen-bond donors (Lipinski definition) is 2. The van der Waals surface area contributed by atoms with E-state index in [1.165, 1.54) is 36.8 Å². The van der Waals surface area contributed by atoms with Gasteiger partial charge < -0.3 is 29.2 Å². The Hall–Kier alpha value is -3.62. The monoisotopic (exact) mass is 576 g/mol. The van der Waals surface area contributed by atoms with Crippen LogP contribution in [-0.4, -0.2) is 60.8 Å². The van der Waals surface area contributed by atoms with Crippen molar-refractivity contribution in [1.29, 1.82) is 0 Å². The lowest BCUT2D eigenvalue weighted by Crippen LogP contribution is -2.48. The summed E-state index contributed by atoms with van der Waals surface area (Å²) < 4.78 is 21.2. The smallest absolute Gasteiger partial charge is 0.330 e.